The summed E-state index contributed by atoms with van der Waals surface area (Å²) < 4.78 is 5.48. The van der Waals surface area contributed by atoms with Crippen molar-refractivity contribution >= 4 is 58.3 Å². The summed E-state index contributed by atoms with van der Waals surface area (Å²) in [5.74, 6) is 0.000940. The summed E-state index contributed by atoms with van der Waals surface area (Å²) in [4.78, 5) is 24.2. The van der Waals surface area contributed by atoms with Crippen LogP contribution in [0.2, 0.25) is 15.1 Å². The highest BCUT2D eigenvalue weighted by Gasteiger charge is 2.10. The number of allylic oxidation sites excluding steroid dienone is 1. The highest BCUT2D eigenvalue weighted by molar-refractivity contribution is 6.39. The van der Waals surface area contributed by atoms with Gasteiger partial charge in [-0.15, -0.1) is 0 Å². The Hall–Kier alpha value is -2.79. The average molecular weight is 461 g/mol. The molecule has 0 unspecified atom stereocenters. The van der Waals surface area contributed by atoms with Crippen molar-refractivity contribution in [2.75, 3.05) is 11.9 Å². The molecule has 0 aromatic heterocycles. The van der Waals surface area contributed by atoms with E-state index in [1.54, 1.807) is 72.8 Å². The first-order chi connectivity index (χ1) is 14.4. The van der Waals surface area contributed by atoms with Crippen molar-refractivity contribution in [1.29, 1.82) is 0 Å². The van der Waals surface area contributed by atoms with Crippen LogP contribution in [-0.4, -0.2) is 18.3 Å². The molecule has 0 aliphatic heterocycles. The summed E-state index contributed by atoms with van der Waals surface area (Å²) in [6.45, 7) is -0.203. The minimum absolute atomic E-state index is 0.123. The second-order valence-electron chi connectivity index (χ2n) is 6.21. The molecule has 3 aromatic rings. The summed E-state index contributed by atoms with van der Waals surface area (Å²) in [6, 6.07) is 18.6. The molecule has 3 rings (SSSR count). The topological polar surface area (TPSA) is 55.4 Å². The molecule has 30 heavy (non-hydrogen) atoms. The third-order valence-corrected chi connectivity index (χ3v) is 4.92. The van der Waals surface area contributed by atoms with Crippen molar-refractivity contribution in [3.8, 4) is 5.75 Å². The molecule has 1 N–H and O–H groups in total. The summed E-state index contributed by atoms with van der Waals surface area (Å²) >= 11 is 17.9. The normalized spacial score (nSPS) is 10.8. The van der Waals surface area contributed by atoms with Crippen molar-refractivity contribution in [2.45, 2.75) is 0 Å². The number of carbonyl (C=O) groups is 2. The molecule has 1 amide bonds. The Morgan fingerprint density at radius 3 is 2.13 bits per heavy atom. The number of carbonyl (C=O) groups excluding carboxylic acids is 2. The van der Waals surface area contributed by atoms with Gasteiger partial charge in [-0.05, 0) is 60.2 Å². The van der Waals surface area contributed by atoms with Crippen LogP contribution in [0.25, 0.3) is 6.08 Å². The Kier molecular flexibility index (Phi) is 7.52. The van der Waals surface area contributed by atoms with Crippen LogP contribution in [0.3, 0.4) is 0 Å². The standard InChI is InChI=1S/C23H16Cl3NO3/c24-17-9-7-16(8-10-17)21(28)13-6-15-4-11-18(12-5-15)30-14-22(29)27-23-19(25)2-1-3-20(23)26/h1-13H,14H2,(H,27,29)/b13-6+. The number of hydrogen-bond acceptors (Lipinski definition) is 3. The first kappa shape index (κ1) is 21.9. The fraction of sp³-hybridized carbons (Fsp3) is 0.0435. The van der Waals surface area contributed by atoms with E-state index < -0.39 is 0 Å². The van der Waals surface area contributed by atoms with Crippen LogP contribution in [0.15, 0.2) is 72.8 Å². The smallest absolute Gasteiger partial charge is 0.262 e. The summed E-state index contributed by atoms with van der Waals surface area (Å²) in [5, 5.41) is 3.90. The average Bonchev–Trinajstić information content (AvgIpc) is 2.74. The summed E-state index contributed by atoms with van der Waals surface area (Å²) in [7, 11) is 0. The summed E-state index contributed by atoms with van der Waals surface area (Å²) in [5.41, 5.74) is 1.72. The lowest BCUT2D eigenvalue weighted by atomic mass is 10.1. The zero-order valence-corrected chi connectivity index (χ0v) is 17.8. The number of amides is 1. The van der Waals surface area contributed by atoms with E-state index in [0.717, 1.165) is 5.56 Å². The summed E-state index contributed by atoms with van der Waals surface area (Å²) in [6.07, 6.45) is 3.19. The highest BCUT2D eigenvalue weighted by atomic mass is 35.5. The molecule has 0 aliphatic carbocycles. The number of ketones is 1. The lowest BCUT2D eigenvalue weighted by molar-refractivity contribution is -0.118. The van der Waals surface area contributed by atoms with E-state index in [4.69, 9.17) is 39.5 Å². The van der Waals surface area contributed by atoms with E-state index in [1.807, 2.05) is 0 Å². The zero-order chi connectivity index (χ0) is 21.5. The number of para-hydroxylation sites is 1. The number of halogens is 3. The molecule has 0 aliphatic rings. The Balaban J connectivity index is 1.53. The Bertz CT molecular complexity index is 1060. The van der Waals surface area contributed by atoms with Gasteiger partial charge in [0.1, 0.15) is 5.75 Å². The first-order valence-electron chi connectivity index (χ1n) is 8.87. The van der Waals surface area contributed by atoms with Crippen LogP contribution < -0.4 is 10.1 Å². The van der Waals surface area contributed by atoms with Gasteiger partial charge in [0.2, 0.25) is 0 Å². The minimum Gasteiger partial charge on any atom is -0.484 e. The Morgan fingerprint density at radius 1 is 0.867 bits per heavy atom. The molecular formula is C23H16Cl3NO3. The van der Waals surface area contributed by atoms with Crippen molar-refractivity contribution in [3.05, 3.63) is 99.0 Å². The van der Waals surface area contributed by atoms with Gasteiger partial charge in [0.05, 0.1) is 15.7 Å². The molecule has 0 radical (unpaired) electrons. The number of ether oxygens (including phenoxy) is 1. The molecule has 3 aromatic carbocycles. The fourth-order valence-electron chi connectivity index (χ4n) is 2.50. The van der Waals surface area contributed by atoms with Gasteiger partial charge in [-0.1, -0.05) is 59.1 Å². The quantitative estimate of drug-likeness (QED) is 0.321. The van der Waals surface area contributed by atoms with E-state index in [1.165, 1.54) is 6.08 Å². The third kappa shape index (κ3) is 6.10. The van der Waals surface area contributed by atoms with E-state index in [0.29, 0.717) is 32.1 Å². The van der Waals surface area contributed by atoms with Crippen LogP contribution in [-0.2, 0) is 4.79 Å². The maximum atomic E-state index is 12.2. The highest BCUT2D eigenvalue weighted by Crippen LogP contribution is 2.29. The maximum Gasteiger partial charge on any atom is 0.262 e. The first-order valence-corrected chi connectivity index (χ1v) is 10.0. The van der Waals surface area contributed by atoms with Crippen molar-refractivity contribution in [3.63, 3.8) is 0 Å². The lowest BCUT2D eigenvalue weighted by Gasteiger charge is -2.10. The van der Waals surface area contributed by atoms with Gasteiger partial charge in [-0.25, -0.2) is 0 Å². The van der Waals surface area contributed by atoms with E-state index in [9.17, 15) is 9.59 Å². The molecule has 4 nitrogen and oxygen atoms in total. The van der Waals surface area contributed by atoms with Gasteiger partial charge < -0.3 is 10.1 Å². The molecule has 0 saturated heterocycles. The maximum absolute atomic E-state index is 12.2. The largest absolute Gasteiger partial charge is 0.484 e. The number of hydrogen-bond donors (Lipinski definition) is 1. The van der Waals surface area contributed by atoms with E-state index >= 15 is 0 Å². The molecule has 7 heteroatoms. The van der Waals surface area contributed by atoms with Crippen LogP contribution in [0.5, 0.6) is 5.75 Å². The molecule has 0 atom stereocenters. The van der Waals surface area contributed by atoms with Crippen LogP contribution >= 0.6 is 34.8 Å². The molecule has 0 bridgehead atoms. The van der Waals surface area contributed by atoms with Crippen molar-refractivity contribution in [2.24, 2.45) is 0 Å². The van der Waals surface area contributed by atoms with E-state index in [2.05, 4.69) is 5.32 Å². The fourth-order valence-corrected chi connectivity index (χ4v) is 3.12. The second-order valence-corrected chi connectivity index (χ2v) is 7.46. The number of benzene rings is 3. The predicted octanol–water partition coefficient (Wildman–Crippen LogP) is 6.56. The van der Waals surface area contributed by atoms with Crippen LogP contribution in [0.4, 0.5) is 5.69 Å². The van der Waals surface area contributed by atoms with Gasteiger partial charge in [-0.3, -0.25) is 9.59 Å². The molecule has 0 spiro atoms. The van der Waals surface area contributed by atoms with Crippen LogP contribution in [0.1, 0.15) is 15.9 Å². The molecule has 0 saturated carbocycles. The Morgan fingerprint density at radius 2 is 1.50 bits per heavy atom. The predicted molar refractivity (Wildman–Crippen MR) is 122 cm³/mol. The number of nitrogens with one attached hydrogen (secondary N) is 1. The van der Waals surface area contributed by atoms with E-state index in [-0.39, 0.29) is 18.3 Å². The van der Waals surface area contributed by atoms with Gasteiger partial charge in [0.25, 0.3) is 5.91 Å². The lowest BCUT2D eigenvalue weighted by Crippen LogP contribution is -2.20. The molecule has 0 fully saturated rings. The zero-order valence-electron chi connectivity index (χ0n) is 15.6. The molecular weight excluding hydrogens is 445 g/mol. The van der Waals surface area contributed by atoms with Gasteiger partial charge in [0.15, 0.2) is 12.4 Å². The molecule has 0 heterocycles. The van der Waals surface area contributed by atoms with Crippen LogP contribution in [0, 0.1) is 0 Å². The number of anilines is 1. The minimum atomic E-state index is -0.387. The van der Waals surface area contributed by atoms with Gasteiger partial charge >= 0.3 is 0 Å². The molecule has 152 valence electrons. The Labute approximate surface area is 189 Å². The monoisotopic (exact) mass is 459 g/mol. The number of rotatable bonds is 7. The SMILES string of the molecule is O=C(COc1ccc(/C=C/C(=O)c2ccc(Cl)cc2)cc1)Nc1c(Cl)cccc1Cl. The van der Waals surface area contributed by atoms with Crippen molar-refractivity contribution in [1.82, 2.24) is 0 Å². The van der Waals surface area contributed by atoms with Gasteiger partial charge in [0, 0.05) is 10.6 Å². The third-order valence-electron chi connectivity index (χ3n) is 4.03. The van der Waals surface area contributed by atoms with Gasteiger partial charge in [-0.2, -0.15) is 0 Å². The second kappa shape index (κ2) is 10.3. The van der Waals surface area contributed by atoms with Crippen molar-refractivity contribution < 1.29 is 14.3 Å².